The molecule has 0 N–H and O–H groups in total. The molecule has 2 rings (SSSR count). The number of piperazine rings is 1. The van der Waals surface area contributed by atoms with Crippen LogP contribution in [0.2, 0.25) is 0 Å². The number of benzene rings is 1. The smallest absolute Gasteiger partial charge is 0.255 e. The molecule has 1 heterocycles. The average Bonchev–Trinajstić information content (AvgIpc) is 2.39. The predicted molar refractivity (Wildman–Crippen MR) is 71.6 cm³/mol. The largest absolute Gasteiger partial charge is 0.336 e. The molecule has 0 atom stereocenters. The van der Waals surface area contributed by atoms with E-state index in [0.29, 0.717) is 0 Å². The van der Waals surface area contributed by atoms with Crippen molar-refractivity contribution in [1.82, 2.24) is 9.80 Å². The van der Waals surface area contributed by atoms with Crippen LogP contribution < -0.4 is 0 Å². The Morgan fingerprint density at radius 2 is 1.82 bits per heavy atom. The molecule has 1 aromatic rings. The molecule has 1 amide bonds. The van der Waals surface area contributed by atoms with Crippen LogP contribution in [0.25, 0.3) is 0 Å². The number of carbonyl (C=O) groups excluding carboxylic acids is 1. The lowest BCUT2D eigenvalue weighted by molar-refractivity contribution is 0.0660. The number of rotatable bonds is 2. The molecule has 0 unspecified atom stereocenters. The Morgan fingerprint density at radius 1 is 1.18 bits per heavy atom. The SMILES string of the molecule is CSc1ccccc1C(=O)N1CCN(C)CC1. The van der Waals surface area contributed by atoms with E-state index < -0.39 is 0 Å². The lowest BCUT2D eigenvalue weighted by Gasteiger charge is -2.32. The average molecular weight is 250 g/mol. The topological polar surface area (TPSA) is 23.6 Å². The Labute approximate surface area is 107 Å². The first-order valence-corrected chi connectivity index (χ1v) is 7.05. The van der Waals surface area contributed by atoms with Crippen molar-refractivity contribution >= 4 is 17.7 Å². The Morgan fingerprint density at radius 3 is 2.47 bits per heavy atom. The van der Waals surface area contributed by atoms with E-state index in [0.717, 1.165) is 36.6 Å². The van der Waals surface area contributed by atoms with Gasteiger partial charge in [-0.15, -0.1) is 11.8 Å². The Balaban J connectivity index is 2.14. The quantitative estimate of drug-likeness (QED) is 0.748. The molecule has 0 aromatic heterocycles. The number of hydrogen-bond acceptors (Lipinski definition) is 3. The summed E-state index contributed by atoms with van der Waals surface area (Å²) in [6.07, 6.45) is 2.01. The summed E-state index contributed by atoms with van der Waals surface area (Å²) in [5, 5.41) is 0. The molecule has 1 aliphatic rings. The van der Waals surface area contributed by atoms with E-state index in [2.05, 4.69) is 11.9 Å². The Bertz CT molecular complexity index is 400. The van der Waals surface area contributed by atoms with Gasteiger partial charge in [-0.3, -0.25) is 4.79 Å². The highest BCUT2D eigenvalue weighted by molar-refractivity contribution is 7.98. The monoisotopic (exact) mass is 250 g/mol. The zero-order chi connectivity index (χ0) is 12.3. The molecule has 0 bridgehead atoms. The van der Waals surface area contributed by atoms with E-state index in [1.165, 1.54) is 0 Å². The van der Waals surface area contributed by atoms with Crippen LogP contribution >= 0.6 is 11.8 Å². The van der Waals surface area contributed by atoms with E-state index in [1.54, 1.807) is 11.8 Å². The second-order valence-electron chi connectivity index (χ2n) is 4.30. The maximum absolute atomic E-state index is 12.4. The van der Waals surface area contributed by atoms with Crippen LogP contribution in [0.5, 0.6) is 0 Å². The van der Waals surface area contributed by atoms with Crippen molar-refractivity contribution in [2.24, 2.45) is 0 Å². The van der Waals surface area contributed by atoms with Gasteiger partial charge in [-0.25, -0.2) is 0 Å². The summed E-state index contributed by atoms with van der Waals surface area (Å²) in [6.45, 7) is 3.59. The number of thioether (sulfide) groups is 1. The third-order valence-electron chi connectivity index (χ3n) is 3.13. The summed E-state index contributed by atoms with van der Waals surface area (Å²) in [7, 11) is 2.09. The minimum atomic E-state index is 0.169. The molecule has 92 valence electrons. The Kier molecular flexibility index (Phi) is 4.07. The molecular weight excluding hydrogens is 232 g/mol. The van der Waals surface area contributed by atoms with Gasteiger partial charge in [-0.1, -0.05) is 12.1 Å². The van der Waals surface area contributed by atoms with Crippen molar-refractivity contribution < 1.29 is 4.79 Å². The molecule has 4 heteroatoms. The van der Waals surface area contributed by atoms with Gasteiger partial charge in [-0.2, -0.15) is 0 Å². The predicted octanol–water partition coefficient (Wildman–Crippen LogP) is 1.80. The zero-order valence-corrected chi connectivity index (χ0v) is 11.2. The third-order valence-corrected chi connectivity index (χ3v) is 3.92. The number of nitrogens with zero attached hydrogens (tertiary/aromatic N) is 2. The van der Waals surface area contributed by atoms with Crippen molar-refractivity contribution in [3.63, 3.8) is 0 Å². The summed E-state index contributed by atoms with van der Waals surface area (Å²) in [6, 6.07) is 7.84. The van der Waals surface area contributed by atoms with Crippen LogP contribution in [0, 0.1) is 0 Å². The molecule has 1 aliphatic heterocycles. The van der Waals surface area contributed by atoms with E-state index >= 15 is 0 Å². The van der Waals surface area contributed by atoms with E-state index in [9.17, 15) is 4.79 Å². The summed E-state index contributed by atoms with van der Waals surface area (Å²) < 4.78 is 0. The summed E-state index contributed by atoms with van der Waals surface area (Å²) in [4.78, 5) is 17.7. The molecule has 1 saturated heterocycles. The second kappa shape index (κ2) is 5.56. The Hall–Kier alpha value is -1.00. The van der Waals surface area contributed by atoms with Crippen LogP contribution in [0.15, 0.2) is 29.2 Å². The van der Waals surface area contributed by atoms with Gasteiger partial charge < -0.3 is 9.80 Å². The normalized spacial score (nSPS) is 17.2. The summed E-state index contributed by atoms with van der Waals surface area (Å²) >= 11 is 1.63. The molecule has 0 saturated carbocycles. The fourth-order valence-electron chi connectivity index (χ4n) is 2.00. The number of likely N-dealkylation sites (N-methyl/N-ethyl adjacent to an activating group) is 1. The van der Waals surface area contributed by atoms with Gasteiger partial charge in [0, 0.05) is 31.1 Å². The first-order chi connectivity index (χ1) is 8.22. The van der Waals surface area contributed by atoms with E-state index in [4.69, 9.17) is 0 Å². The second-order valence-corrected chi connectivity index (χ2v) is 5.14. The van der Waals surface area contributed by atoms with E-state index in [-0.39, 0.29) is 5.91 Å². The zero-order valence-electron chi connectivity index (χ0n) is 10.3. The standard InChI is InChI=1S/C13H18N2OS/c1-14-7-9-15(10-8-14)13(16)11-5-3-4-6-12(11)17-2/h3-6H,7-10H2,1-2H3. The maximum Gasteiger partial charge on any atom is 0.255 e. The first kappa shape index (κ1) is 12.5. The van der Waals surface area contributed by atoms with Crippen LogP contribution in [-0.4, -0.2) is 55.2 Å². The minimum Gasteiger partial charge on any atom is -0.336 e. The van der Waals surface area contributed by atoms with Crippen molar-refractivity contribution in [3.05, 3.63) is 29.8 Å². The van der Waals surface area contributed by atoms with Crippen LogP contribution in [0.1, 0.15) is 10.4 Å². The maximum atomic E-state index is 12.4. The van der Waals surface area contributed by atoms with Gasteiger partial charge in [0.1, 0.15) is 0 Å². The lowest BCUT2D eigenvalue weighted by atomic mass is 10.2. The molecular formula is C13H18N2OS. The first-order valence-electron chi connectivity index (χ1n) is 5.83. The van der Waals surface area contributed by atoms with Gasteiger partial charge in [0.25, 0.3) is 5.91 Å². The molecule has 0 radical (unpaired) electrons. The molecule has 1 fully saturated rings. The van der Waals surface area contributed by atoms with Crippen LogP contribution in [0.4, 0.5) is 0 Å². The molecule has 0 aliphatic carbocycles. The van der Waals surface area contributed by atoms with Crippen LogP contribution in [0.3, 0.4) is 0 Å². The van der Waals surface area contributed by atoms with Crippen molar-refractivity contribution in [2.75, 3.05) is 39.5 Å². The number of amides is 1. The highest BCUT2D eigenvalue weighted by atomic mass is 32.2. The van der Waals surface area contributed by atoms with Crippen LogP contribution in [-0.2, 0) is 0 Å². The number of hydrogen-bond donors (Lipinski definition) is 0. The van der Waals surface area contributed by atoms with Gasteiger partial charge in [0.15, 0.2) is 0 Å². The summed E-state index contributed by atoms with van der Waals surface area (Å²) in [5.41, 5.74) is 0.838. The molecule has 1 aromatic carbocycles. The van der Waals surface area contributed by atoms with Gasteiger partial charge >= 0.3 is 0 Å². The minimum absolute atomic E-state index is 0.169. The fourth-order valence-corrected chi connectivity index (χ4v) is 2.59. The van der Waals surface area contributed by atoms with Gasteiger partial charge in [0.05, 0.1) is 5.56 Å². The van der Waals surface area contributed by atoms with Gasteiger partial charge in [0.2, 0.25) is 0 Å². The highest BCUT2D eigenvalue weighted by Gasteiger charge is 2.21. The lowest BCUT2D eigenvalue weighted by Crippen LogP contribution is -2.47. The summed E-state index contributed by atoms with van der Waals surface area (Å²) in [5.74, 6) is 0.169. The number of carbonyl (C=O) groups is 1. The van der Waals surface area contributed by atoms with Crippen molar-refractivity contribution in [2.45, 2.75) is 4.90 Å². The van der Waals surface area contributed by atoms with Crippen molar-refractivity contribution in [3.8, 4) is 0 Å². The molecule has 0 spiro atoms. The highest BCUT2D eigenvalue weighted by Crippen LogP contribution is 2.21. The van der Waals surface area contributed by atoms with E-state index in [1.807, 2.05) is 35.4 Å². The fraction of sp³-hybridized carbons (Fsp3) is 0.462. The third kappa shape index (κ3) is 2.82. The van der Waals surface area contributed by atoms with Crippen molar-refractivity contribution in [1.29, 1.82) is 0 Å². The van der Waals surface area contributed by atoms with Gasteiger partial charge in [-0.05, 0) is 25.4 Å². The molecule has 3 nitrogen and oxygen atoms in total. The molecule has 17 heavy (non-hydrogen) atoms.